The van der Waals surface area contributed by atoms with Crippen LogP contribution in [0.25, 0.3) is 22.1 Å². The standard InChI is InChI=1S/C19H19ClFN3O4/c1-19(2,3)28-18(26)24-8-10(21)7-12(24)16-22-14-11-6-9(20)4-5-13(11)27-15(14)17(25)23-16/h4-6,10,12H,7-8H2,1-3H3,(H,22,23,25)/t10-,12+/m1/s1. The highest BCUT2D eigenvalue weighted by atomic mass is 35.5. The second kappa shape index (κ2) is 6.48. The van der Waals surface area contributed by atoms with Crippen molar-refractivity contribution in [1.82, 2.24) is 14.9 Å². The number of alkyl halides is 1. The molecule has 1 aromatic carbocycles. The van der Waals surface area contributed by atoms with E-state index >= 15 is 0 Å². The fourth-order valence-electron chi connectivity index (χ4n) is 3.37. The van der Waals surface area contributed by atoms with Gasteiger partial charge in [-0.05, 0) is 39.0 Å². The maximum absolute atomic E-state index is 14.2. The molecular formula is C19H19ClFN3O4. The highest BCUT2D eigenvalue weighted by Crippen LogP contribution is 2.34. The molecule has 28 heavy (non-hydrogen) atoms. The van der Waals surface area contributed by atoms with Crippen molar-refractivity contribution in [2.75, 3.05) is 6.54 Å². The van der Waals surface area contributed by atoms with Crippen LogP contribution in [0.15, 0.2) is 27.4 Å². The normalized spacial score (nSPS) is 20.2. The number of nitrogens with one attached hydrogen (secondary N) is 1. The van der Waals surface area contributed by atoms with E-state index in [0.717, 1.165) is 0 Å². The van der Waals surface area contributed by atoms with E-state index in [1.807, 2.05) is 0 Å². The fraction of sp³-hybridized carbons (Fsp3) is 0.421. The lowest BCUT2D eigenvalue weighted by Crippen LogP contribution is -2.37. The minimum Gasteiger partial charge on any atom is -0.449 e. The van der Waals surface area contributed by atoms with Gasteiger partial charge in [0.15, 0.2) is 0 Å². The Balaban J connectivity index is 1.80. The van der Waals surface area contributed by atoms with Crippen molar-refractivity contribution in [3.8, 4) is 0 Å². The monoisotopic (exact) mass is 407 g/mol. The van der Waals surface area contributed by atoms with Crippen molar-refractivity contribution in [1.29, 1.82) is 0 Å². The maximum Gasteiger partial charge on any atom is 0.411 e. The number of benzene rings is 1. The molecule has 2 aromatic heterocycles. The number of aromatic amines is 1. The molecular weight excluding hydrogens is 389 g/mol. The molecule has 1 N–H and O–H groups in total. The first kappa shape index (κ1) is 18.7. The molecule has 3 aromatic rings. The van der Waals surface area contributed by atoms with Crippen molar-refractivity contribution in [3.05, 3.63) is 39.4 Å². The number of carbonyl (C=O) groups excluding carboxylic acids is 1. The average molecular weight is 408 g/mol. The van der Waals surface area contributed by atoms with Gasteiger partial charge in [-0.15, -0.1) is 0 Å². The summed E-state index contributed by atoms with van der Waals surface area (Å²) in [6.45, 7) is 5.07. The van der Waals surface area contributed by atoms with Gasteiger partial charge < -0.3 is 14.1 Å². The molecule has 3 heterocycles. The Morgan fingerprint density at radius 2 is 2.18 bits per heavy atom. The average Bonchev–Trinajstić information content (AvgIpc) is 3.14. The number of hydrogen-bond donors (Lipinski definition) is 1. The molecule has 9 heteroatoms. The fourth-order valence-corrected chi connectivity index (χ4v) is 3.54. The van der Waals surface area contributed by atoms with Crippen LogP contribution in [0.5, 0.6) is 0 Å². The topological polar surface area (TPSA) is 88.4 Å². The molecule has 0 aliphatic carbocycles. The van der Waals surface area contributed by atoms with Gasteiger partial charge in [0.25, 0.3) is 5.56 Å². The van der Waals surface area contributed by atoms with E-state index in [4.69, 9.17) is 20.8 Å². The van der Waals surface area contributed by atoms with Crippen LogP contribution in [-0.2, 0) is 4.74 Å². The Kier molecular flexibility index (Phi) is 4.33. The van der Waals surface area contributed by atoms with E-state index in [-0.39, 0.29) is 24.4 Å². The molecule has 0 spiro atoms. The number of furan rings is 1. The summed E-state index contributed by atoms with van der Waals surface area (Å²) in [6.07, 6.45) is -1.88. The van der Waals surface area contributed by atoms with Crippen LogP contribution in [0.3, 0.4) is 0 Å². The number of ether oxygens (including phenoxy) is 1. The number of aromatic nitrogens is 2. The van der Waals surface area contributed by atoms with Crippen molar-refractivity contribution in [2.45, 2.75) is 45.0 Å². The molecule has 4 rings (SSSR count). The van der Waals surface area contributed by atoms with E-state index in [9.17, 15) is 14.0 Å². The van der Waals surface area contributed by atoms with Crippen LogP contribution >= 0.6 is 11.6 Å². The third-order valence-corrected chi connectivity index (χ3v) is 4.73. The van der Waals surface area contributed by atoms with Crippen LogP contribution < -0.4 is 5.56 Å². The van der Waals surface area contributed by atoms with Gasteiger partial charge in [-0.25, -0.2) is 14.2 Å². The van der Waals surface area contributed by atoms with Crippen molar-refractivity contribution in [2.24, 2.45) is 0 Å². The van der Waals surface area contributed by atoms with Gasteiger partial charge in [-0.1, -0.05) is 11.6 Å². The lowest BCUT2D eigenvalue weighted by Gasteiger charge is -2.27. The van der Waals surface area contributed by atoms with E-state index in [1.165, 1.54) is 4.90 Å². The lowest BCUT2D eigenvalue weighted by molar-refractivity contribution is 0.0210. The summed E-state index contributed by atoms with van der Waals surface area (Å²) < 4.78 is 25.1. The Morgan fingerprint density at radius 1 is 1.43 bits per heavy atom. The summed E-state index contributed by atoms with van der Waals surface area (Å²) in [4.78, 5) is 33.4. The number of H-pyrrole nitrogens is 1. The zero-order chi connectivity index (χ0) is 20.2. The largest absolute Gasteiger partial charge is 0.449 e. The zero-order valence-electron chi connectivity index (χ0n) is 15.6. The highest BCUT2D eigenvalue weighted by Gasteiger charge is 2.40. The molecule has 7 nitrogen and oxygen atoms in total. The predicted molar refractivity (Wildman–Crippen MR) is 102 cm³/mol. The Hall–Kier alpha value is -2.61. The van der Waals surface area contributed by atoms with Gasteiger partial charge in [-0.2, -0.15) is 0 Å². The number of fused-ring (bicyclic) bond motifs is 3. The highest BCUT2D eigenvalue weighted by molar-refractivity contribution is 6.31. The molecule has 1 aliphatic rings. The van der Waals surface area contributed by atoms with E-state index in [2.05, 4.69) is 9.97 Å². The second-order valence-corrected chi connectivity index (χ2v) is 8.29. The van der Waals surface area contributed by atoms with Gasteiger partial charge in [-0.3, -0.25) is 9.69 Å². The van der Waals surface area contributed by atoms with Crippen molar-refractivity contribution < 1.29 is 18.3 Å². The van der Waals surface area contributed by atoms with Gasteiger partial charge in [0.2, 0.25) is 5.58 Å². The minimum absolute atomic E-state index is 0.0181. The first-order valence-corrected chi connectivity index (χ1v) is 9.26. The van der Waals surface area contributed by atoms with Crippen LogP contribution in [0.4, 0.5) is 9.18 Å². The summed E-state index contributed by atoms with van der Waals surface area (Å²) >= 11 is 6.05. The summed E-state index contributed by atoms with van der Waals surface area (Å²) in [5, 5.41) is 1.05. The molecule has 2 atom stereocenters. The number of halogens is 2. The number of amides is 1. The van der Waals surface area contributed by atoms with Crippen molar-refractivity contribution >= 4 is 39.8 Å². The number of likely N-dealkylation sites (tertiary alicyclic amines) is 1. The number of nitrogens with zero attached hydrogens (tertiary/aromatic N) is 2. The first-order chi connectivity index (χ1) is 13.1. The summed E-state index contributed by atoms with van der Waals surface area (Å²) in [5.41, 5.74) is -0.382. The molecule has 1 saturated heterocycles. The predicted octanol–water partition coefficient (Wildman–Crippen LogP) is 4.34. The summed E-state index contributed by atoms with van der Waals surface area (Å²) in [7, 11) is 0. The number of rotatable bonds is 1. The second-order valence-electron chi connectivity index (χ2n) is 7.85. The molecule has 0 radical (unpaired) electrons. The molecule has 1 aliphatic heterocycles. The van der Waals surface area contributed by atoms with Crippen LogP contribution in [0.1, 0.15) is 39.1 Å². The summed E-state index contributed by atoms with van der Waals surface area (Å²) in [5.74, 6) is 0.186. The third-order valence-electron chi connectivity index (χ3n) is 4.50. The van der Waals surface area contributed by atoms with Crippen LogP contribution in [-0.4, -0.2) is 39.3 Å². The first-order valence-electron chi connectivity index (χ1n) is 8.88. The van der Waals surface area contributed by atoms with Gasteiger partial charge in [0, 0.05) is 16.8 Å². The maximum atomic E-state index is 14.2. The SMILES string of the molecule is CC(C)(C)OC(=O)N1C[C@H](F)C[C@H]1c1nc2c(oc3ccc(Cl)cc32)c(=O)[nH]1. The van der Waals surface area contributed by atoms with Gasteiger partial charge >= 0.3 is 6.09 Å². The van der Waals surface area contributed by atoms with Crippen LogP contribution in [0, 0.1) is 0 Å². The quantitative estimate of drug-likeness (QED) is 0.648. The Labute approximate surface area is 164 Å². The smallest absolute Gasteiger partial charge is 0.411 e. The minimum atomic E-state index is -1.24. The van der Waals surface area contributed by atoms with E-state index in [0.29, 0.717) is 21.5 Å². The molecule has 0 saturated carbocycles. The van der Waals surface area contributed by atoms with E-state index in [1.54, 1.807) is 39.0 Å². The number of hydrogen-bond acceptors (Lipinski definition) is 5. The van der Waals surface area contributed by atoms with Crippen LogP contribution in [0.2, 0.25) is 5.02 Å². The summed E-state index contributed by atoms with van der Waals surface area (Å²) in [6, 6.07) is 4.21. The number of carbonyl (C=O) groups is 1. The molecule has 1 amide bonds. The lowest BCUT2D eigenvalue weighted by atomic mass is 10.2. The zero-order valence-corrected chi connectivity index (χ0v) is 16.3. The molecule has 0 bridgehead atoms. The van der Waals surface area contributed by atoms with Gasteiger partial charge in [0.1, 0.15) is 28.7 Å². The van der Waals surface area contributed by atoms with Gasteiger partial charge in [0.05, 0.1) is 12.6 Å². The van der Waals surface area contributed by atoms with E-state index < -0.39 is 29.5 Å². The Morgan fingerprint density at radius 3 is 2.89 bits per heavy atom. The molecule has 1 fully saturated rings. The molecule has 0 unspecified atom stereocenters. The third kappa shape index (κ3) is 3.32. The van der Waals surface area contributed by atoms with Crippen molar-refractivity contribution in [3.63, 3.8) is 0 Å². The Bertz CT molecular complexity index is 1130. The molecule has 148 valence electrons.